The van der Waals surface area contributed by atoms with E-state index in [1.54, 1.807) is 6.07 Å². The maximum Gasteiger partial charge on any atom is 0.439 e. The van der Waals surface area contributed by atoms with E-state index in [4.69, 9.17) is 9.47 Å². The fraction of sp³-hybridized carbons (Fsp3) is 0.500. The predicted octanol–water partition coefficient (Wildman–Crippen LogP) is -0.123. The highest BCUT2D eigenvalue weighted by atomic mass is 16.5. The molecule has 0 aliphatic carbocycles. The quantitative estimate of drug-likeness (QED) is 0.831. The van der Waals surface area contributed by atoms with Crippen molar-refractivity contribution in [1.29, 1.82) is 0 Å². The molecular formula is C12H15N5O4. The van der Waals surface area contributed by atoms with Crippen LogP contribution in [0.25, 0.3) is 0 Å². The van der Waals surface area contributed by atoms with Crippen molar-refractivity contribution in [1.82, 2.24) is 20.1 Å². The van der Waals surface area contributed by atoms with Gasteiger partial charge >= 0.3 is 5.76 Å². The largest absolute Gasteiger partial charge is 0.469 e. The number of aromatic nitrogens is 4. The van der Waals surface area contributed by atoms with Crippen molar-refractivity contribution in [2.24, 2.45) is 0 Å². The highest BCUT2D eigenvalue weighted by Gasteiger charge is 2.15. The lowest BCUT2D eigenvalue weighted by Gasteiger charge is -2.27. The zero-order valence-corrected chi connectivity index (χ0v) is 11.5. The van der Waals surface area contributed by atoms with Gasteiger partial charge in [0.1, 0.15) is 0 Å². The van der Waals surface area contributed by atoms with Crippen LogP contribution in [0.1, 0.15) is 11.5 Å². The van der Waals surface area contributed by atoms with Crippen LogP contribution in [0.4, 0.5) is 5.95 Å². The second-order valence-electron chi connectivity index (χ2n) is 4.58. The molecule has 3 rings (SSSR count). The summed E-state index contributed by atoms with van der Waals surface area (Å²) in [5.41, 5.74) is 0.801. The van der Waals surface area contributed by atoms with Crippen LogP contribution in [0.15, 0.2) is 15.4 Å². The van der Waals surface area contributed by atoms with E-state index in [1.165, 1.54) is 0 Å². The van der Waals surface area contributed by atoms with E-state index in [-0.39, 0.29) is 6.61 Å². The molecule has 0 amide bonds. The fourth-order valence-electron chi connectivity index (χ4n) is 1.97. The average Bonchev–Trinajstić information content (AvgIpc) is 2.91. The lowest BCUT2D eigenvalue weighted by Crippen LogP contribution is -2.37. The monoisotopic (exact) mass is 293 g/mol. The summed E-state index contributed by atoms with van der Waals surface area (Å²) in [5.74, 6) is 0.737. The van der Waals surface area contributed by atoms with Gasteiger partial charge in [-0.3, -0.25) is 9.51 Å². The van der Waals surface area contributed by atoms with Crippen LogP contribution in [0.2, 0.25) is 0 Å². The minimum absolute atomic E-state index is 0.0742. The third-order valence-corrected chi connectivity index (χ3v) is 2.95. The minimum atomic E-state index is -0.610. The molecule has 0 atom stereocenters. The van der Waals surface area contributed by atoms with Crippen LogP contribution in [-0.4, -0.2) is 46.4 Å². The molecule has 21 heavy (non-hydrogen) atoms. The Hall–Kier alpha value is -2.42. The van der Waals surface area contributed by atoms with Crippen molar-refractivity contribution in [3.05, 3.63) is 28.1 Å². The number of nitrogens with zero attached hydrogens (tertiary/aromatic N) is 4. The van der Waals surface area contributed by atoms with Gasteiger partial charge in [-0.1, -0.05) is 5.16 Å². The number of hydrogen-bond acceptors (Lipinski definition) is 8. The van der Waals surface area contributed by atoms with Crippen LogP contribution in [-0.2, 0) is 11.3 Å². The first-order valence-electron chi connectivity index (χ1n) is 6.57. The summed E-state index contributed by atoms with van der Waals surface area (Å²) in [6.45, 7) is 4.77. The maximum atomic E-state index is 10.8. The molecule has 112 valence electrons. The van der Waals surface area contributed by atoms with E-state index >= 15 is 0 Å². The summed E-state index contributed by atoms with van der Waals surface area (Å²) in [6, 6.07) is 1.72. The summed E-state index contributed by atoms with van der Waals surface area (Å²) < 4.78 is 15.2. The Morgan fingerprint density at radius 1 is 1.38 bits per heavy atom. The van der Waals surface area contributed by atoms with Crippen molar-refractivity contribution in [3.63, 3.8) is 0 Å². The van der Waals surface area contributed by atoms with Gasteiger partial charge in [-0.05, 0) is 6.92 Å². The van der Waals surface area contributed by atoms with E-state index in [0.29, 0.717) is 30.9 Å². The number of ether oxygens (including phenoxy) is 2. The summed E-state index contributed by atoms with van der Waals surface area (Å²) in [5, 5.41) is 3.53. The molecule has 1 N–H and O–H groups in total. The molecule has 1 saturated heterocycles. The van der Waals surface area contributed by atoms with Crippen molar-refractivity contribution < 1.29 is 14.0 Å². The summed E-state index contributed by atoms with van der Waals surface area (Å²) in [6.07, 6.45) is 0. The molecule has 1 aliphatic rings. The molecule has 2 aromatic heterocycles. The van der Waals surface area contributed by atoms with E-state index in [0.717, 1.165) is 18.8 Å². The molecule has 9 nitrogen and oxygen atoms in total. The summed E-state index contributed by atoms with van der Waals surface area (Å²) in [4.78, 5) is 24.1. The third-order valence-electron chi connectivity index (χ3n) is 2.95. The van der Waals surface area contributed by atoms with Gasteiger partial charge in [-0.25, -0.2) is 9.78 Å². The molecule has 2 aromatic rings. The molecule has 0 bridgehead atoms. The van der Waals surface area contributed by atoms with Gasteiger partial charge in [0.15, 0.2) is 12.4 Å². The Kier molecular flexibility index (Phi) is 3.82. The molecule has 0 unspecified atom stereocenters. The van der Waals surface area contributed by atoms with Crippen molar-refractivity contribution in [3.8, 4) is 5.88 Å². The summed E-state index contributed by atoms with van der Waals surface area (Å²) in [7, 11) is 0. The van der Waals surface area contributed by atoms with Crippen LogP contribution in [0.5, 0.6) is 5.88 Å². The Morgan fingerprint density at radius 2 is 2.19 bits per heavy atom. The first-order valence-corrected chi connectivity index (χ1v) is 6.57. The number of H-pyrrole nitrogens is 1. The molecule has 0 spiro atoms. The fourth-order valence-corrected chi connectivity index (χ4v) is 1.97. The molecule has 1 fully saturated rings. The molecule has 3 heterocycles. The Bertz CT molecular complexity index is 662. The second kappa shape index (κ2) is 5.92. The zero-order valence-electron chi connectivity index (χ0n) is 11.5. The number of nitrogens with one attached hydrogen (secondary N) is 1. The van der Waals surface area contributed by atoms with E-state index in [9.17, 15) is 4.79 Å². The second-order valence-corrected chi connectivity index (χ2v) is 4.58. The molecule has 0 saturated carbocycles. The van der Waals surface area contributed by atoms with Crippen LogP contribution >= 0.6 is 0 Å². The molecular weight excluding hydrogens is 278 g/mol. The van der Waals surface area contributed by atoms with E-state index < -0.39 is 5.76 Å². The van der Waals surface area contributed by atoms with Gasteiger partial charge in [0, 0.05) is 24.8 Å². The number of morpholine rings is 1. The van der Waals surface area contributed by atoms with E-state index in [2.05, 4.69) is 24.6 Å². The van der Waals surface area contributed by atoms with Gasteiger partial charge in [-0.15, -0.1) is 0 Å². The Morgan fingerprint density at radius 3 is 2.90 bits per heavy atom. The van der Waals surface area contributed by atoms with Gasteiger partial charge in [0.2, 0.25) is 11.8 Å². The van der Waals surface area contributed by atoms with Crippen molar-refractivity contribution in [2.75, 3.05) is 31.2 Å². The van der Waals surface area contributed by atoms with Crippen molar-refractivity contribution in [2.45, 2.75) is 13.5 Å². The normalized spacial score (nSPS) is 15.2. The zero-order chi connectivity index (χ0) is 14.7. The Balaban J connectivity index is 1.72. The maximum absolute atomic E-state index is 10.8. The van der Waals surface area contributed by atoms with Gasteiger partial charge in [0.05, 0.1) is 13.2 Å². The third kappa shape index (κ3) is 3.37. The minimum Gasteiger partial charge on any atom is -0.469 e. The summed E-state index contributed by atoms with van der Waals surface area (Å²) >= 11 is 0. The molecule has 0 aromatic carbocycles. The van der Waals surface area contributed by atoms with Crippen LogP contribution < -0.4 is 15.4 Å². The highest BCUT2D eigenvalue weighted by Crippen LogP contribution is 2.17. The lowest BCUT2D eigenvalue weighted by atomic mass is 10.4. The van der Waals surface area contributed by atoms with Crippen molar-refractivity contribution >= 4 is 5.95 Å². The predicted molar refractivity (Wildman–Crippen MR) is 71.3 cm³/mol. The van der Waals surface area contributed by atoms with Gasteiger partial charge < -0.3 is 14.4 Å². The van der Waals surface area contributed by atoms with E-state index in [1.807, 2.05) is 11.8 Å². The lowest BCUT2D eigenvalue weighted by molar-refractivity contribution is 0.122. The van der Waals surface area contributed by atoms with Gasteiger partial charge in [0.25, 0.3) is 0 Å². The van der Waals surface area contributed by atoms with Gasteiger partial charge in [-0.2, -0.15) is 4.98 Å². The number of aromatic amines is 1. The molecule has 9 heteroatoms. The molecule has 1 aliphatic heterocycles. The smallest absolute Gasteiger partial charge is 0.439 e. The highest BCUT2D eigenvalue weighted by molar-refractivity contribution is 5.34. The number of hydrogen-bond donors (Lipinski definition) is 1. The first kappa shape index (κ1) is 13.6. The SMILES string of the molecule is Cc1cc(OCc2noc(=O)[nH]2)nc(N2CCOCC2)n1. The Labute approximate surface area is 119 Å². The standard InChI is InChI=1S/C12H15N5O4/c1-8-6-10(20-7-9-14-12(18)21-16-9)15-11(13-8)17-2-4-19-5-3-17/h6H,2-5,7H2,1H3,(H,14,16,18). The topological polar surface area (TPSA) is 106 Å². The molecule has 0 radical (unpaired) electrons. The number of aryl methyl sites for hydroxylation is 1. The average molecular weight is 293 g/mol. The van der Waals surface area contributed by atoms with Crippen LogP contribution in [0, 0.1) is 6.92 Å². The van der Waals surface area contributed by atoms with Crippen LogP contribution in [0.3, 0.4) is 0 Å². The number of anilines is 1. The number of rotatable bonds is 4. The first-order chi connectivity index (χ1) is 10.2.